The minimum Gasteiger partial charge on any atom is -0.321 e. The number of rotatable bonds is 6. The minimum atomic E-state index is -0.253. The molecule has 1 amide bonds. The van der Waals surface area contributed by atoms with Crippen molar-refractivity contribution in [1.29, 1.82) is 0 Å². The Morgan fingerprint density at radius 1 is 1.30 bits per heavy atom. The second-order valence-corrected chi connectivity index (χ2v) is 8.78. The lowest BCUT2D eigenvalue weighted by atomic mass is 10.1. The highest BCUT2D eigenvalue weighted by Gasteiger charge is 2.33. The van der Waals surface area contributed by atoms with E-state index in [9.17, 15) is 9.18 Å². The number of hydrogen-bond donors (Lipinski definition) is 1. The number of nitrogens with one attached hydrogen (secondary N) is 1. The van der Waals surface area contributed by atoms with Gasteiger partial charge in [0, 0.05) is 22.9 Å². The van der Waals surface area contributed by atoms with E-state index in [1.807, 2.05) is 29.2 Å². The number of carbonyl (C=O) groups excluding carboxylic acids is 1. The van der Waals surface area contributed by atoms with Crippen LogP contribution >= 0.6 is 23.4 Å². The highest BCUT2D eigenvalue weighted by Crippen LogP contribution is 2.37. The number of carbonyl (C=O) groups is 1. The average molecular weight is 408 g/mol. The van der Waals surface area contributed by atoms with Gasteiger partial charge in [0.1, 0.15) is 17.7 Å². The van der Waals surface area contributed by atoms with Crippen LogP contribution < -0.4 is 4.90 Å². The van der Waals surface area contributed by atoms with Crippen LogP contribution in [-0.2, 0) is 11.3 Å². The Morgan fingerprint density at radius 2 is 2.04 bits per heavy atom. The second-order valence-electron chi connectivity index (χ2n) is 7.16. The van der Waals surface area contributed by atoms with Crippen LogP contribution in [0, 0.1) is 5.82 Å². The summed E-state index contributed by atoms with van der Waals surface area (Å²) in [5.74, 6) is 0.788. The molecule has 27 heavy (non-hydrogen) atoms. The summed E-state index contributed by atoms with van der Waals surface area (Å²) in [5.41, 5.74) is 2.11. The SMILES string of the molecule is CC(C)[NH+](CC(=O)N1CCS[C@H]1c1ccc(F)cc1)Cc1cccc(Cl)c1. The van der Waals surface area contributed by atoms with Gasteiger partial charge in [-0.1, -0.05) is 35.9 Å². The molecule has 1 aliphatic rings. The van der Waals surface area contributed by atoms with Crippen molar-refractivity contribution in [3.63, 3.8) is 0 Å². The number of quaternary nitrogens is 1. The Morgan fingerprint density at radius 3 is 2.70 bits per heavy atom. The fourth-order valence-corrected chi connectivity index (χ4v) is 4.80. The highest BCUT2D eigenvalue weighted by atomic mass is 35.5. The summed E-state index contributed by atoms with van der Waals surface area (Å²) >= 11 is 7.84. The van der Waals surface area contributed by atoms with E-state index in [2.05, 4.69) is 13.8 Å². The van der Waals surface area contributed by atoms with E-state index < -0.39 is 0 Å². The van der Waals surface area contributed by atoms with Crippen LogP contribution in [0.15, 0.2) is 48.5 Å². The number of benzene rings is 2. The fraction of sp³-hybridized carbons (Fsp3) is 0.381. The lowest BCUT2D eigenvalue weighted by molar-refractivity contribution is -0.927. The van der Waals surface area contributed by atoms with Gasteiger partial charge in [0.15, 0.2) is 6.54 Å². The lowest BCUT2D eigenvalue weighted by Crippen LogP contribution is -3.14. The van der Waals surface area contributed by atoms with E-state index in [0.29, 0.717) is 17.6 Å². The first kappa shape index (κ1) is 20.2. The maximum atomic E-state index is 13.2. The van der Waals surface area contributed by atoms with Crippen LogP contribution in [0.1, 0.15) is 30.3 Å². The van der Waals surface area contributed by atoms with Gasteiger partial charge in [0.25, 0.3) is 5.91 Å². The summed E-state index contributed by atoms with van der Waals surface area (Å²) < 4.78 is 13.2. The highest BCUT2D eigenvalue weighted by molar-refractivity contribution is 7.99. The predicted octanol–water partition coefficient (Wildman–Crippen LogP) is 3.55. The van der Waals surface area contributed by atoms with Gasteiger partial charge in [-0.05, 0) is 43.7 Å². The molecule has 1 N–H and O–H groups in total. The molecule has 2 atom stereocenters. The van der Waals surface area contributed by atoms with Gasteiger partial charge in [0.05, 0.1) is 6.04 Å². The molecule has 0 spiro atoms. The quantitative estimate of drug-likeness (QED) is 0.792. The van der Waals surface area contributed by atoms with E-state index in [-0.39, 0.29) is 17.1 Å². The van der Waals surface area contributed by atoms with Crippen LogP contribution in [-0.4, -0.2) is 35.7 Å². The molecule has 2 aromatic rings. The van der Waals surface area contributed by atoms with Crippen LogP contribution in [0.2, 0.25) is 5.02 Å². The molecule has 0 aromatic heterocycles. The first-order valence-electron chi connectivity index (χ1n) is 9.19. The number of thioether (sulfide) groups is 1. The minimum absolute atomic E-state index is 0.0299. The van der Waals surface area contributed by atoms with E-state index in [1.54, 1.807) is 23.9 Å². The van der Waals surface area contributed by atoms with Crippen LogP contribution in [0.4, 0.5) is 4.39 Å². The van der Waals surface area contributed by atoms with Gasteiger partial charge >= 0.3 is 0 Å². The fourth-order valence-electron chi connectivity index (χ4n) is 3.30. The monoisotopic (exact) mass is 407 g/mol. The largest absolute Gasteiger partial charge is 0.321 e. The van der Waals surface area contributed by atoms with Gasteiger partial charge in [-0.2, -0.15) is 0 Å². The first-order valence-corrected chi connectivity index (χ1v) is 10.6. The summed E-state index contributed by atoms with van der Waals surface area (Å²) in [6.07, 6.45) is 0. The number of nitrogens with zero attached hydrogens (tertiary/aromatic N) is 1. The molecular formula is C21H25ClFN2OS+. The molecule has 0 bridgehead atoms. The zero-order valence-corrected chi connectivity index (χ0v) is 17.2. The van der Waals surface area contributed by atoms with Gasteiger partial charge in [-0.15, -0.1) is 11.8 Å². The van der Waals surface area contributed by atoms with Crippen LogP contribution in [0.25, 0.3) is 0 Å². The molecular weight excluding hydrogens is 383 g/mol. The summed E-state index contributed by atoms with van der Waals surface area (Å²) in [4.78, 5) is 16.2. The molecule has 1 heterocycles. The molecule has 144 valence electrons. The zero-order chi connectivity index (χ0) is 19.4. The van der Waals surface area contributed by atoms with Crippen LogP contribution in [0.5, 0.6) is 0 Å². The molecule has 0 aliphatic carbocycles. The lowest BCUT2D eigenvalue weighted by Gasteiger charge is -2.28. The Bertz CT molecular complexity index is 784. The molecule has 1 fully saturated rings. The molecule has 0 saturated carbocycles. The van der Waals surface area contributed by atoms with Crippen molar-refractivity contribution in [1.82, 2.24) is 4.90 Å². The Labute approximate surface area is 169 Å². The molecule has 3 nitrogen and oxygen atoms in total. The van der Waals surface area contributed by atoms with Crippen molar-refractivity contribution in [3.8, 4) is 0 Å². The summed E-state index contributed by atoms with van der Waals surface area (Å²) in [5, 5.41) is 0.687. The Balaban J connectivity index is 1.70. The molecule has 1 aliphatic heterocycles. The molecule has 2 aromatic carbocycles. The van der Waals surface area contributed by atoms with Crippen molar-refractivity contribution in [2.45, 2.75) is 31.8 Å². The smallest absolute Gasteiger partial charge is 0.278 e. The topological polar surface area (TPSA) is 24.8 Å². The summed E-state index contributed by atoms with van der Waals surface area (Å²) in [7, 11) is 0. The predicted molar refractivity (Wildman–Crippen MR) is 109 cm³/mol. The van der Waals surface area contributed by atoms with Crippen molar-refractivity contribution >= 4 is 29.3 Å². The Kier molecular flexibility index (Phi) is 6.79. The van der Waals surface area contributed by atoms with E-state index >= 15 is 0 Å². The normalized spacial score (nSPS) is 18.1. The molecule has 1 saturated heterocycles. The van der Waals surface area contributed by atoms with Crippen molar-refractivity contribution in [3.05, 3.63) is 70.5 Å². The second kappa shape index (κ2) is 9.09. The number of amides is 1. The van der Waals surface area contributed by atoms with Gasteiger partial charge < -0.3 is 9.80 Å². The third-order valence-electron chi connectivity index (χ3n) is 4.88. The molecule has 1 unspecified atom stereocenters. The third-order valence-corrected chi connectivity index (χ3v) is 6.38. The molecule has 0 radical (unpaired) electrons. The van der Waals surface area contributed by atoms with Crippen molar-refractivity contribution < 1.29 is 14.1 Å². The standard InChI is InChI=1S/C21H24ClFN2OS/c1-15(2)24(13-16-4-3-5-18(22)12-16)14-20(26)25-10-11-27-21(25)17-6-8-19(23)9-7-17/h3-9,12,15,21H,10-11,13-14H2,1-2H3/p+1/t21-/m0/s1. The first-order chi connectivity index (χ1) is 12.9. The maximum Gasteiger partial charge on any atom is 0.278 e. The van der Waals surface area contributed by atoms with E-state index in [0.717, 1.165) is 30.0 Å². The van der Waals surface area contributed by atoms with E-state index in [1.165, 1.54) is 17.0 Å². The maximum absolute atomic E-state index is 13.2. The summed E-state index contributed by atoms with van der Waals surface area (Å²) in [6, 6.07) is 14.6. The van der Waals surface area contributed by atoms with E-state index in [4.69, 9.17) is 11.6 Å². The van der Waals surface area contributed by atoms with Gasteiger partial charge in [-0.25, -0.2) is 4.39 Å². The summed E-state index contributed by atoms with van der Waals surface area (Å²) in [6.45, 7) is 6.18. The van der Waals surface area contributed by atoms with Crippen LogP contribution in [0.3, 0.4) is 0 Å². The number of hydrogen-bond acceptors (Lipinski definition) is 2. The zero-order valence-electron chi connectivity index (χ0n) is 15.6. The van der Waals surface area contributed by atoms with Gasteiger partial charge in [-0.3, -0.25) is 4.79 Å². The average Bonchev–Trinajstić information content (AvgIpc) is 3.11. The van der Waals surface area contributed by atoms with Gasteiger partial charge in [0.2, 0.25) is 0 Å². The Hall–Kier alpha value is -1.56. The van der Waals surface area contributed by atoms with Crippen molar-refractivity contribution in [2.24, 2.45) is 0 Å². The molecule has 6 heteroatoms. The van der Waals surface area contributed by atoms with Crippen molar-refractivity contribution in [2.75, 3.05) is 18.8 Å². The number of halogens is 2. The third kappa shape index (κ3) is 5.24. The molecule has 3 rings (SSSR count).